The van der Waals surface area contributed by atoms with Crippen LogP contribution in [0.3, 0.4) is 0 Å². The van der Waals surface area contributed by atoms with Gasteiger partial charge in [0.25, 0.3) is 0 Å². The minimum Gasteiger partial charge on any atom is -0.546 e. The fourth-order valence-corrected chi connectivity index (χ4v) is 5.02. The first-order valence-corrected chi connectivity index (χ1v) is 11.4. The van der Waals surface area contributed by atoms with Gasteiger partial charge in [0, 0.05) is 11.4 Å². The summed E-state index contributed by atoms with van der Waals surface area (Å²) in [6.07, 6.45) is -0.890. The predicted octanol–water partition coefficient (Wildman–Crippen LogP) is 3.02. The molecule has 0 spiro atoms. The van der Waals surface area contributed by atoms with Gasteiger partial charge in [0.2, 0.25) is 5.91 Å². The third-order valence-corrected chi connectivity index (χ3v) is 6.74. The van der Waals surface area contributed by atoms with Crippen molar-refractivity contribution in [1.82, 2.24) is 0 Å². The Morgan fingerprint density at radius 1 is 1.00 bits per heavy atom. The van der Waals surface area contributed by atoms with Crippen LogP contribution < -0.4 is 14.7 Å². The van der Waals surface area contributed by atoms with Crippen LogP contribution in [-0.2, 0) is 9.59 Å². The molecule has 9 heteroatoms. The maximum atomic E-state index is 13.4. The number of carboxylic acids is 1. The lowest BCUT2D eigenvalue weighted by Gasteiger charge is -2.47. The minimum absolute atomic E-state index is 0.190. The van der Waals surface area contributed by atoms with Crippen LogP contribution in [0.15, 0.2) is 72.8 Å². The number of ether oxygens (including phenoxy) is 1. The average molecular weight is 485 g/mol. The number of hydrogen-bond donors (Lipinski definition) is 1. The number of anilines is 1. The Balaban J connectivity index is 1.53. The van der Waals surface area contributed by atoms with Gasteiger partial charge in [-0.3, -0.25) is 4.79 Å². The SMILES string of the molecule is O=C([O-])COc1ccc([C@@H]2[C@@H](SC[C@H](O)c3ccc(F)cc3)C(=O)N2c2ccc(F)cc2)cc1. The molecule has 3 aromatic rings. The lowest BCUT2D eigenvalue weighted by Crippen LogP contribution is -2.57. The summed E-state index contributed by atoms with van der Waals surface area (Å²) in [5.74, 6) is -1.81. The molecule has 1 saturated heterocycles. The summed E-state index contributed by atoms with van der Waals surface area (Å²) in [6, 6.07) is 17.3. The van der Waals surface area contributed by atoms with Crippen molar-refractivity contribution in [3.63, 3.8) is 0 Å². The number of benzene rings is 3. The van der Waals surface area contributed by atoms with E-state index in [9.17, 15) is 28.6 Å². The number of aliphatic carboxylic acids is 1. The van der Waals surface area contributed by atoms with Gasteiger partial charge >= 0.3 is 0 Å². The molecule has 1 amide bonds. The highest BCUT2D eigenvalue weighted by molar-refractivity contribution is 8.00. The molecule has 0 aliphatic carbocycles. The van der Waals surface area contributed by atoms with Gasteiger partial charge in [-0.2, -0.15) is 0 Å². The summed E-state index contributed by atoms with van der Waals surface area (Å²) in [4.78, 5) is 25.2. The number of carbonyl (C=O) groups is 2. The zero-order valence-corrected chi connectivity index (χ0v) is 18.6. The Morgan fingerprint density at radius 3 is 2.18 bits per heavy atom. The summed E-state index contributed by atoms with van der Waals surface area (Å²) in [6.45, 7) is -0.581. The molecule has 34 heavy (non-hydrogen) atoms. The minimum atomic E-state index is -1.34. The van der Waals surface area contributed by atoms with E-state index in [0.29, 0.717) is 17.0 Å². The Kier molecular flexibility index (Phi) is 7.14. The van der Waals surface area contributed by atoms with Gasteiger partial charge in [-0.05, 0) is 59.7 Å². The largest absolute Gasteiger partial charge is 0.546 e. The molecule has 3 aromatic carbocycles. The predicted molar refractivity (Wildman–Crippen MR) is 121 cm³/mol. The first-order valence-electron chi connectivity index (χ1n) is 10.4. The van der Waals surface area contributed by atoms with Crippen molar-refractivity contribution in [2.24, 2.45) is 0 Å². The Hall–Kier alpha value is -3.43. The van der Waals surface area contributed by atoms with Crippen molar-refractivity contribution in [2.45, 2.75) is 17.4 Å². The number of β-lactam (4-membered cyclic amide) rings is 1. The van der Waals surface area contributed by atoms with Gasteiger partial charge < -0.3 is 24.6 Å². The van der Waals surface area contributed by atoms with Gasteiger partial charge in [-0.1, -0.05) is 24.3 Å². The van der Waals surface area contributed by atoms with Crippen LogP contribution in [0, 0.1) is 11.6 Å². The van der Waals surface area contributed by atoms with E-state index in [4.69, 9.17) is 4.74 Å². The van der Waals surface area contributed by atoms with Crippen LogP contribution in [0.5, 0.6) is 5.75 Å². The van der Waals surface area contributed by atoms with Crippen molar-refractivity contribution in [3.8, 4) is 5.75 Å². The normalized spacial score (nSPS) is 18.3. The van der Waals surface area contributed by atoms with Crippen molar-refractivity contribution < 1.29 is 33.3 Å². The van der Waals surface area contributed by atoms with Crippen LogP contribution in [0.25, 0.3) is 0 Å². The zero-order chi connectivity index (χ0) is 24.2. The summed E-state index contributed by atoms with van der Waals surface area (Å²) in [5, 5.41) is 20.6. The second-order valence-electron chi connectivity index (χ2n) is 7.68. The highest BCUT2D eigenvalue weighted by Crippen LogP contribution is 2.46. The smallest absolute Gasteiger partial charge is 0.243 e. The molecule has 1 fully saturated rings. The molecular weight excluding hydrogens is 464 g/mol. The van der Waals surface area contributed by atoms with Crippen molar-refractivity contribution in [2.75, 3.05) is 17.3 Å². The first kappa shape index (κ1) is 23.7. The van der Waals surface area contributed by atoms with E-state index in [1.54, 1.807) is 29.2 Å². The number of amides is 1. The summed E-state index contributed by atoms with van der Waals surface area (Å²) in [7, 11) is 0. The number of hydrogen-bond acceptors (Lipinski definition) is 6. The lowest BCUT2D eigenvalue weighted by molar-refractivity contribution is -0.307. The number of thioether (sulfide) groups is 1. The highest BCUT2D eigenvalue weighted by atomic mass is 32.2. The van der Waals surface area contributed by atoms with E-state index in [-0.39, 0.29) is 11.7 Å². The Morgan fingerprint density at radius 2 is 1.59 bits per heavy atom. The molecular formula is C25H20F2NO5S-. The van der Waals surface area contributed by atoms with Crippen LogP contribution in [0.1, 0.15) is 23.3 Å². The zero-order valence-electron chi connectivity index (χ0n) is 17.8. The molecule has 4 rings (SSSR count). The Labute approximate surface area is 198 Å². The quantitative estimate of drug-likeness (QED) is 0.470. The van der Waals surface area contributed by atoms with Crippen LogP contribution in [0.4, 0.5) is 14.5 Å². The van der Waals surface area contributed by atoms with Crippen LogP contribution in [0.2, 0.25) is 0 Å². The van der Waals surface area contributed by atoms with Crippen molar-refractivity contribution >= 4 is 29.3 Å². The molecule has 6 nitrogen and oxygen atoms in total. The van der Waals surface area contributed by atoms with Gasteiger partial charge in [-0.15, -0.1) is 11.8 Å². The number of aliphatic hydroxyl groups is 1. The average Bonchev–Trinajstić information content (AvgIpc) is 2.83. The monoisotopic (exact) mass is 484 g/mol. The highest BCUT2D eigenvalue weighted by Gasteiger charge is 2.49. The molecule has 1 aliphatic rings. The Bertz CT molecular complexity index is 1160. The second-order valence-corrected chi connectivity index (χ2v) is 8.86. The molecule has 176 valence electrons. The van der Waals surface area contributed by atoms with Crippen molar-refractivity contribution in [3.05, 3.63) is 95.6 Å². The van der Waals surface area contributed by atoms with Gasteiger partial charge in [0.05, 0.1) is 18.1 Å². The number of nitrogens with zero attached hydrogens (tertiary/aromatic N) is 1. The van der Waals surface area contributed by atoms with E-state index in [0.717, 1.165) is 5.56 Å². The number of aliphatic hydroxyl groups excluding tert-OH is 1. The first-order chi connectivity index (χ1) is 16.3. The molecule has 3 atom stereocenters. The summed E-state index contributed by atoms with van der Waals surface area (Å²) in [5.41, 5.74) is 1.84. The number of halogens is 2. The number of carboxylic acid groups (broad SMARTS) is 1. The van der Waals surface area contributed by atoms with E-state index < -0.39 is 41.6 Å². The van der Waals surface area contributed by atoms with Gasteiger partial charge in [-0.25, -0.2) is 8.78 Å². The van der Waals surface area contributed by atoms with E-state index in [2.05, 4.69) is 0 Å². The van der Waals surface area contributed by atoms with E-state index in [1.165, 1.54) is 60.3 Å². The molecule has 0 radical (unpaired) electrons. The third kappa shape index (κ3) is 5.21. The molecule has 1 N–H and O–H groups in total. The fraction of sp³-hybridized carbons (Fsp3) is 0.200. The van der Waals surface area contributed by atoms with E-state index in [1.807, 2.05) is 0 Å². The van der Waals surface area contributed by atoms with Crippen LogP contribution in [-0.4, -0.2) is 34.6 Å². The molecule has 0 saturated carbocycles. The molecule has 1 heterocycles. The number of carbonyl (C=O) groups excluding carboxylic acids is 2. The van der Waals surface area contributed by atoms with Gasteiger partial charge in [0.15, 0.2) is 0 Å². The standard InChI is InChI=1S/C25H21F2NO5S/c26-17-5-1-15(2-6-17)21(29)14-34-24-23(16-3-11-20(12-4-16)33-13-22(30)31)28(25(24)32)19-9-7-18(27)8-10-19/h1-12,21,23-24,29H,13-14H2,(H,30,31)/p-1/t21-,23+,24+/m0/s1. The number of rotatable bonds is 9. The van der Waals surface area contributed by atoms with E-state index >= 15 is 0 Å². The maximum absolute atomic E-state index is 13.4. The maximum Gasteiger partial charge on any atom is 0.243 e. The van der Waals surface area contributed by atoms with Crippen molar-refractivity contribution in [1.29, 1.82) is 0 Å². The summed E-state index contributed by atoms with van der Waals surface area (Å²) >= 11 is 1.28. The summed E-state index contributed by atoms with van der Waals surface area (Å²) < 4.78 is 31.7. The molecule has 0 aromatic heterocycles. The fourth-order valence-electron chi connectivity index (χ4n) is 3.72. The van der Waals surface area contributed by atoms with Gasteiger partial charge in [0.1, 0.15) is 29.2 Å². The lowest BCUT2D eigenvalue weighted by atomic mass is 9.92. The second kappa shape index (κ2) is 10.2. The molecule has 0 bridgehead atoms. The molecule has 1 aliphatic heterocycles. The topological polar surface area (TPSA) is 89.9 Å². The molecule has 0 unspecified atom stereocenters. The third-order valence-electron chi connectivity index (χ3n) is 5.42. The van der Waals surface area contributed by atoms with Crippen LogP contribution >= 0.6 is 11.8 Å².